The summed E-state index contributed by atoms with van der Waals surface area (Å²) in [5.74, 6) is -0.508. The number of nitrogens with one attached hydrogen (secondary N) is 1. The molecule has 20 heavy (non-hydrogen) atoms. The van der Waals surface area contributed by atoms with E-state index in [2.05, 4.69) is 9.82 Å². The Morgan fingerprint density at radius 2 is 1.90 bits per heavy atom. The van der Waals surface area contributed by atoms with Crippen molar-refractivity contribution in [3.8, 4) is 0 Å². The summed E-state index contributed by atoms with van der Waals surface area (Å²) in [6.45, 7) is -1.79. The molecule has 0 saturated heterocycles. The van der Waals surface area contributed by atoms with Gasteiger partial charge in [0.25, 0.3) is 6.65 Å². The molecule has 0 spiro atoms. The fourth-order valence-electron chi connectivity index (χ4n) is 1.91. The van der Waals surface area contributed by atoms with Gasteiger partial charge in [-0.1, -0.05) is 30.3 Å². The van der Waals surface area contributed by atoms with Crippen LogP contribution in [-0.4, -0.2) is 19.1 Å². The molecule has 0 aromatic heterocycles. The molecule has 0 heterocycles. The summed E-state index contributed by atoms with van der Waals surface area (Å²) in [5, 5.41) is 5.08. The molecule has 1 N–H and O–H groups in total. The Bertz CT molecular complexity index is 689. The molecule has 2 unspecified atom stereocenters. The molecule has 2 rings (SSSR count). The summed E-state index contributed by atoms with van der Waals surface area (Å²) in [4.78, 5) is 11.4. The highest BCUT2D eigenvalue weighted by Crippen LogP contribution is 2.46. The monoisotopic (exact) mass is 311 g/mol. The van der Waals surface area contributed by atoms with Gasteiger partial charge in [0.1, 0.15) is 6.04 Å². The number of halogens is 1. The van der Waals surface area contributed by atoms with Crippen molar-refractivity contribution in [2.24, 2.45) is 0 Å². The molecule has 2 aromatic rings. The Hall–Kier alpha value is -1.35. The lowest BCUT2D eigenvalue weighted by Crippen LogP contribution is -2.33. The van der Waals surface area contributed by atoms with Gasteiger partial charge in [0, 0.05) is 5.30 Å². The van der Waals surface area contributed by atoms with E-state index in [9.17, 15) is 9.36 Å². The number of hydrogen-bond acceptors (Lipinski definition) is 3. The Labute approximate surface area is 122 Å². The number of carbonyl (C=O) groups is 1. The highest BCUT2D eigenvalue weighted by molar-refractivity contribution is 7.93. The first-order valence-corrected chi connectivity index (χ1v) is 8.70. The molecule has 0 radical (unpaired) electrons. The van der Waals surface area contributed by atoms with Gasteiger partial charge in [0.15, 0.2) is 0 Å². The van der Waals surface area contributed by atoms with Gasteiger partial charge in [0.2, 0.25) is 0 Å². The SMILES string of the molecule is COC(=O)C(C)NP(=O)(Cl)c1ccc2ccccc2c1. The van der Waals surface area contributed by atoms with Crippen molar-refractivity contribution in [3.05, 3.63) is 42.5 Å². The van der Waals surface area contributed by atoms with Crippen LogP contribution in [0.4, 0.5) is 0 Å². The third kappa shape index (κ3) is 3.21. The van der Waals surface area contributed by atoms with Crippen LogP contribution in [0.25, 0.3) is 10.8 Å². The van der Waals surface area contributed by atoms with Gasteiger partial charge in [-0.25, -0.2) is 5.09 Å². The Balaban J connectivity index is 2.31. The minimum Gasteiger partial charge on any atom is -0.468 e. The summed E-state index contributed by atoms with van der Waals surface area (Å²) in [5.41, 5.74) is 0. The zero-order valence-electron chi connectivity index (χ0n) is 11.2. The molecule has 4 nitrogen and oxygen atoms in total. The molecule has 0 aliphatic carbocycles. The molecule has 0 saturated carbocycles. The zero-order valence-corrected chi connectivity index (χ0v) is 12.8. The van der Waals surface area contributed by atoms with Crippen molar-refractivity contribution >= 4 is 39.9 Å². The Kier molecular flexibility index (Phi) is 4.48. The van der Waals surface area contributed by atoms with Crippen molar-refractivity contribution in [3.63, 3.8) is 0 Å². The Morgan fingerprint density at radius 1 is 1.25 bits per heavy atom. The van der Waals surface area contributed by atoms with E-state index >= 15 is 0 Å². The van der Waals surface area contributed by atoms with Crippen LogP contribution in [0.3, 0.4) is 0 Å². The van der Waals surface area contributed by atoms with E-state index < -0.39 is 18.7 Å². The first-order valence-electron chi connectivity index (χ1n) is 6.09. The number of fused-ring (bicyclic) bond motifs is 1. The number of rotatable bonds is 4. The maximum Gasteiger partial charge on any atom is 0.322 e. The normalized spacial score (nSPS) is 15.6. The summed E-state index contributed by atoms with van der Waals surface area (Å²) in [7, 11) is 1.27. The van der Waals surface area contributed by atoms with Gasteiger partial charge in [-0.2, -0.15) is 0 Å². The van der Waals surface area contributed by atoms with Crippen molar-refractivity contribution in [1.29, 1.82) is 0 Å². The minimum atomic E-state index is -3.35. The molecular formula is C14H15ClNO3P. The van der Waals surface area contributed by atoms with Gasteiger partial charge >= 0.3 is 5.97 Å². The fourth-order valence-corrected chi connectivity index (χ4v) is 3.99. The largest absolute Gasteiger partial charge is 0.468 e. The topological polar surface area (TPSA) is 55.4 Å². The third-order valence-corrected chi connectivity index (χ3v) is 5.52. The van der Waals surface area contributed by atoms with Crippen LogP contribution in [0.1, 0.15) is 6.92 Å². The van der Waals surface area contributed by atoms with Crippen molar-refractivity contribution in [1.82, 2.24) is 5.09 Å². The van der Waals surface area contributed by atoms with Crippen LogP contribution in [0, 0.1) is 0 Å². The zero-order chi connectivity index (χ0) is 14.8. The predicted molar refractivity (Wildman–Crippen MR) is 81.7 cm³/mol. The summed E-state index contributed by atoms with van der Waals surface area (Å²) < 4.78 is 17.1. The second-order valence-electron chi connectivity index (χ2n) is 4.44. The number of esters is 1. The lowest BCUT2D eigenvalue weighted by atomic mass is 10.1. The number of ether oxygens (including phenoxy) is 1. The molecule has 6 heteroatoms. The number of hydrogen-bond donors (Lipinski definition) is 1. The van der Waals surface area contributed by atoms with Crippen LogP contribution in [0.15, 0.2) is 42.5 Å². The van der Waals surface area contributed by atoms with Gasteiger partial charge in [0.05, 0.1) is 7.11 Å². The average Bonchev–Trinajstić information content (AvgIpc) is 2.45. The van der Waals surface area contributed by atoms with Crippen molar-refractivity contribution < 1.29 is 14.1 Å². The van der Waals surface area contributed by atoms with E-state index in [0.29, 0.717) is 5.30 Å². The molecular weight excluding hydrogens is 297 g/mol. The quantitative estimate of drug-likeness (QED) is 0.696. The van der Waals surface area contributed by atoms with Gasteiger partial charge in [-0.15, -0.1) is 0 Å². The predicted octanol–water partition coefficient (Wildman–Crippen LogP) is 3.05. The molecule has 106 valence electrons. The van der Waals surface area contributed by atoms with Gasteiger partial charge in [-0.05, 0) is 41.1 Å². The first kappa shape index (κ1) is 15.0. The minimum absolute atomic E-state index is 0.466. The first-order chi connectivity index (χ1) is 9.44. The van der Waals surface area contributed by atoms with Crippen LogP contribution in [0.5, 0.6) is 0 Å². The summed E-state index contributed by atoms with van der Waals surface area (Å²) >= 11 is 6.09. The number of benzene rings is 2. The molecule has 0 aliphatic rings. The number of methoxy groups -OCH3 is 1. The average molecular weight is 312 g/mol. The van der Waals surface area contributed by atoms with Crippen LogP contribution < -0.4 is 10.4 Å². The lowest BCUT2D eigenvalue weighted by Gasteiger charge is -2.17. The van der Waals surface area contributed by atoms with E-state index in [1.165, 1.54) is 7.11 Å². The van der Waals surface area contributed by atoms with E-state index in [-0.39, 0.29) is 0 Å². The fraction of sp³-hybridized carbons (Fsp3) is 0.214. The molecule has 2 aromatic carbocycles. The highest BCUT2D eigenvalue weighted by Gasteiger charge is 2.27. The van der Waals surface area contributed by atoms with E-state index in [1.54, 1.807) is 19.1 Å². The molecule has 2 atom stereocenters. The highest BCUT2D eigenvalue weighted by atomic mass is 35.7. The standard InChI is InChI=1S/C14H15ClNO3P/c1-10(14(17)19-2)16-20(15,18)13-8-7-11-5-3-4-6-12(11)9-13/h3-10H,1-2H3,(H,16,18). The lowest BCUT2D eigenvalue weighted by molar-refractivity contribution is -0.142. The smallest absolute Gasteiger partial charge is 0.322 e. The van der Waals surface area contributed by atoms with E-state index in [0.717, 1.165) is 10.8 Å². The second-order valence-corrected chi connectivity index (χ2v) is 7.71. The molecule has 0 amide bonds. The van der Waals surface area contributed by atoms with Crippen molar-refractivity contribution in [2.45, 2.75) is 13.0 Å². The second kappa shape index (κ2) is 5.96. The summed E-state index contributed by atoms with van der Waals surface area (Å²) in [6.07, 6.45) is 0. The van der Waals surface area contributed by atoms with Crippen LogP contribution in [-0.2, 0) is 14.1 Å². The summed E-state index contributed by atoms with van der Waals surface area (Å²) in [6, 6.07) is 12.3. The van der Waals surface area contributed by atoms with E-state index in [1.807, 2.05) is 30.3 Å². The van der Waals surface area contributed by atoms with Crippen LogP contribution >= 0.6 is 17.9 Å². The third-order valence-electron chi connectivity index (χ3n) is 2.98. The van der Waals surface area contributed by atoms with E-state index in [4.69, 9.17) is 11.2 Å². The van der Waals surface area contributed by atoms with Gasteiger partial charge in [-0.3, -0.25) is 9.36 Å². The molecule has 0 fully saturated rings. The Morgan fingerprint density at radius 3 is 2.55 bits per heavy atom. The van der Waals surface area contributed by atoms with Crippen molar-refractivity contribution in [2.75, 3.05) is 7.11 Å². The maximum atomic E-state index is 12.5. The maximum absolute atomic E-state index is 12.5. The molecule has 0 aliphatic heterocycles. The molecule has 0 bridgehead atoms. The van der Waals surface area contributed by atoms with Gasteiger partial charge < -0.3 is 4.74 Å². The number of carbonyl (C=O) groups excluding carboxylic acids is 1. The van der Waals surface area contributed by atoms with Crippen LogP contribution in [0.2, 0.25) is 0 Å².